The number of hydrogen-bond donors (Lipinski definition) is 0. The molecule has 2 nitrogen and oxygen atoms in total. The quantitative estimate of drug-likeness (QED) is 0.632. The molecule has 1 rings (SSSR count). The molecular formula is C9H10BrNOSe. The van der Waals surface area contributed by atoms with E-state index >= 15 is 0 Å². The molecule has 0 N–H and O–H groups in total. The number of rotatable bonds is 4. The van der Waals surface area contributed by atoms with E-state index in [0.717, 1.165) is 9.79 Å². The van der Waals surface area contributed by atoms with Crippen molar-refractivity contribution in [2.45, 2.75) is 17.6 Å². The molecule has 0 aliphatic heterocycles. The number of nitrogens with zero attached hydrogens (tertiary/aromatic N) is 1. The number of halogens is 1. The van der Waals surface area contributed by atoms with Crippen LogP contribution in [0.3, 0.4) is 0 Å². The van der Waals surface area contributed by atoms with E-state index in [1.165, 1.54) is 0 Å². The second kappa shape index (κ2) is 5.53. The normalized spacial score (nSPS) is 10.0. The number of carbonyl (C=O) groups is 1. The third kappa shape index (κ3) is 3.59. The minimum atomic E-state index is 0.161. The fourth-order valence-electron chi connectivity index (χ4n) is 0.809. The number of hydrogen-bond acceptors (Lipinski definition) is 2. The first-order valence-corrected chi connectivity index (χ1v) is 7.18. The molecule has 0 bridgehead atoms. The zero-order valence-corrected chi connectivity index (χ0v) is 10.6. The summed E-state index contributed by atoms with van der Waals surface area (Å²) in [7, 11) is 0. The summed E-state index contributed by atoms with van der Waals surface area (Å²) in [5, 5.41) is 1.77. The molecule has 0 radical (unpaired) electrons. The van der Waals surface area contributed by atoms with Gasteiger partial charge in [-0.05, 0) is 0 Å². The summed E-state index contributed by atoms with van der Waals surface area (Å²) in [5.74, 6) is 0.161. The molecule has 0 spiro atoms. The summed E-state index contributed by atoms with van der Waals surface area (Å²) >= 11 is 3.71. The van der Waals surface area contributed by atoms with Crippen LogP contribution >= 0.6 is 15.9 Å². The van der Waals surface area contributed by atoms with E-state index in [1.54, 1.807) is 12.3 Å². The van der Waals surface area contributed by atoms with Gasteiger partial charge in [0.2, 0.25) is 0 Å². The zero-order valence-electron chi connectivity index (χ0n) is 7.29. The number of pyridine rings is 1. The van der Waals surface area contributed by atoms with Crippen LogP contribution in [0.15, 0.2) is 22.8 Å². The van der Waals surface area contributed by atoms with Crippen LogP contribution in [0.1, 0.15) is 17.4 Å². The average Bonchev–Trinajstić information content (AvgIpc) is 2.15. The zero-order chi connectivity index (χ0) is 9.68. The molecule has 1 aromatic heterocycles. The van der Waals surface area contributed by atoms with Crippen LogP contribution in [0.4, 0.5) is 0 Å². The molecule has 1 aromatic rings. The van der Waals surface area contributed by atoms with Gasteiger partial charge in [0.05, 0.1) is 0 Å². The van der Waals surface area contributed by atoms with Crippen LogP contribution in [-0.2, 0) is 0 Å². The molecule has 0 saturated heterocycles. The molecule has 0 amide bonds. The predicted octanol–water partition coefficient (Wildman–Crippen LogP) is 2.59. The molecule has 0 unspecified atom stereocenters. The number of ketones is 1. The van der Waals surface area contributed by atoms with Crippen LogP contribution < -0.4 is 0 Å². The van der Waals surface area contributed by atoms with Gasteiger partial charge in [0.1, 0.15) is 0 Å². The summed E-state index contributed by atoms with van der Waals surface area (Å²) in [6.07, 6.45) is 1.66. The van der Waals surface area contributed by atoms with Gasteiger partial charge < -0.3 is 0 Å². The second-order valence-electron chi connectivity index (χ2n) is 2.42. The fraction of sp³-hybridized carbons (Fsp3) is 0.333. The van der Waals surface area contributed by atoms with Gasteiger partial charge in [0.15, 0.2) is 0 Å². The molecule has 0 atom stereocenters. The van der Waals surface area contributed by atoms with E-state index in [1.807, 2.05) is 6.07 Å². The Balaban J connectivity index is 2.61. The van der Waals surface area contributed by atoms with Crippen LogP contribution in [0.2, 0.25) is 10.6 Å². The predicted molar refractivity (Wildman–Crippen MR) is 57.3 cm³/mol. The van der Waals surface area contributed by atoms with Crippen molar-refractivity contribution < 1.29 is 4.79 Å². The summed E-state index contributed by atoms with van der Waals surface area (Å²) in [6, 6.07) is 3.61. The van der Waals surface area contributed by atoms with Crippen molar-refractivity contribution in [2.24, 2.45) is 0 Å². The minimum absolute atomic E-state index is 0.161. The van der Waals surface area contributed by atoms with E-state index in [4.69, 9.17) is 0 Å². The molecule has 0 aliphatic carbocycles. The third-order valence-electron chi connectivity index (χ3n) is 1.45. The van der Waals surface area contributed by atoms with E-state index in [-0.39, 0.29) is 5.78 Å². The van der Waals surface area contributed by atoms with Crippen molar-refractivity contribution in [3.63, 3.8) is 0 Å². The Labute approximate surface area is 92.4 Å². The summed E-state index contributed by atoms with van der Waals surface area (Å²) in [5.41, 5.74) is 0.582. The molecule has 0 aromatic carbocycles. The fourth-order valence-corrected chi connectivity index (χ4v) is 2.17. The van der Waals surface area contributed by atoms with Gasteiger partial charge in [0, 0.05) is 0 Å². The summed E-state index contributed by atoms with van der Waals surface area (Å²) in [4.78, 5) is 15.5. The standard InChI is InChI=1S/C9H10BrNOSe/c1-2-13-6-9(12)8-4-3-7(10)5-11-8/h3-5H,2,6H2,1H3. The van der Waals surface area contributed by atoms with Gasteiger partial charge in [-0.1, -0.05) is 0 Å². The van der Waals surface area contributed by atoms with Crippen LogP contribution in [0.25, 0.3) is 0 Å². The molecule has 4 heteroatoms. The second-order valence-corrected chi connectivity index (χ2v) is 6.01. The Morgan fingerprint density at radius 1 is 1.62 bits per heavy atom. The van der Waals surface area contributed by atoms with Crippen molar-refractivity contribution in [1.29, 1.82) is 0 Å². The molecule has 13 heavy (non-hydrogen) atoms. The van der Waals surface area contributed by atoms with Crippen molar-refractivity contribution in [2.75, 3.05) is 0 Å². The summed E-state index contributed by atoms with van der Waals surface area (Å²) in [6.45, 7) is 2.10. The Morgan fingerprint density at radius 2 is 2.38 bits per heavy atom. The van der Waals surface area contributed by atoms with Crippen LogP contribution in [-0.4, -0.2) is 25.7 Å². The number of carbonyl (C=O) groups excluding carboxylic acids is 1. The first-order valence-electron chi connectivity index (χ1n) is 3.96. The Bertz CT molecular complexity index is 286. The maximum absolute atomic E-state index is 11.5. The number of Topliss-reactive ketones (excluding diaryl/α,β-unsaturated/α-hetero) is 1. The van der Waals surface area contributed by atoms with Crippen molar-refractivity contribution in [1.82, 2.24) is 4.98 Å². The van der Waals surface area contributed by atoms with Gasteiger partial charge in [-0.3, -0.25) is 0 Å². The molecular weight excluding hydrogens is 297 g/mol. The molecule has 0 saturated carbocycles. The molecule has 0 aliphatic rings. The first-order chi connectivity index (χ1) is 6.24. The Morgan fingerprint density at radius 3 is 2.92 bits per heavy atom. The van der Waals surface area contributed by atoms with E-state index in [2.05, 4.69) is 27.8 Å². The third-order valence-corrected chi connectivity index (χ3v) is 3.75. The summed E-state index contributed by atoms with van der Waals surface area (Å²) < 4.78 is 0.907. The van der Waals surface area contributed by atoms with Crippen LogP contribution in [0.5, 0.6) is 0 Å². The van der Waals surface area contributed by atoms with Crippen molar-refractivity contribution in [3.8, 4) is 0 Å². The number of aromatic nitrogens is 1. The monoisotopic (exact) mass is 307 g/mol. The SMILES string of the molecule is CC[Se]CC(=O)c1ccc(Br)cn1. The van der Waals surface area contributed by atoms with Gasteiger partial charge in [-0.25, -0.2) is 0 Å². The van der Waals surface area contributed by atoms with Gasteiger partial charge in [-0.15, -0.1) is 0 Å². The topological polar surface area (TPSA) is 30.0 Å². The van der Waals surface area contributed by atoms with E-state index in [0.29, 0.717) is 26.0 Å². The first kappa shape index (κ1) is 10.9. The van der Waals surface area contributed by atoms with E-state index in [9.17, 15) is 4.79 Å². The molecule has 1 heterocycles. The van der Waals surface area contributed by atoms with Gasteiger partial charge >= 0.3 is 92.5 Å². The van der Waals surface area contributed by atoms with Gasteiger partial charge in [-0.2, -0.15) is 0 Å². The maximum atomic E-state index is 11.5. The molecule has 0 fully saturated rings. The molecule has 70 valence electrons. The Kier molecular flexibility index (Phi) is 4.63. The van der Waals surface area contributed by atoms with Crippen molar-refractivity contribution >= 4 is 36.7 Å². The van der Waals surface area contributed by atoms with Gasteiger partial charge in [0.25, 0.3) is 0 Å². The Hall–Kier alpha value is -0.181. The van der Waals surface area contributed by atoms with Crippen molar-refractivity contribution in [3.05, 3.63) is 28.5 Å². The average molecular weight is 307 g/mol. The van der Waals surface area contributed by atoms with Crippen LogP contribution in [0, 0.1) is 0 Å². The van der Waals surface area contributed by atoms with E-state index < -0.39 is 0 Å².